The minimum absolute atomic E-state index is 0.0119. The van der Waals surface area contributed by atoms with Crippen LogP contribution < -0.4 is 0 Å². The Morgan fingerprint density at radius 2 is 2.00 bits per heavy atom. The topological polar surface area (TPSA) is 49.7 Å². The molecule has 0 fully saturated rings. The summed E-state index contributed by atoms with van der Waals surface area (Å²) in [4.78, 5) is 10.1. The third-order valence-electron chi connectivity index (χ3n) is 1.14. The number of benzene rings is 1. The van der Waals surface area contributed by atoms with E-state index in [0.29, 0.717) is 8.95 Å². The molecule has 0 saturated heterocycles. The van der Waals surface area contributed by atoms with E-state index in [-0.39, 0.29) is 11.4 Å². The molecule has 0 bridgehead atoms. The van der Waals surface area contributed by atoms with Crippen molar-refractivity contribution in [1.82, 2.24) is 0 Å². The summed E-state index contributed by atoms with van der Waals surface area (Å²) < 4.78 is 0.832. The SMILES string of the molecule is O=Nc1ccc(Br)c(O)c1Br. The van der Waals surface area contributed by atoms with Crippen LogP contribution in [0.2, 0.25) is 0 Å². The summed E-state index contributed by atoms with van der Waals surface area (Å²) in [6, 6.07) is 3.05. The molecular formula is C6H3Br2NO2. The van der Waals surface area contributed by atoms with Crippen LogP contribution in [0.5, 0.6) is 5.75 Å². The van der Waals surface area contributed by atoms with Gasteiger partial charge in [-0.2, -0.15) is 0 Å². The van der Waals surface area contributed by atoms with Crippen molar-refractivity contribution in [2.45, 2.75) is 0 Å². The first kappa shape index (κ1) is 8.67. The van der Waals surface area contributed by atoms with Gasteiger partial charge >= 0.3 is 0 Å². The predicted octanol–water partition coefficient (Wildman–Crippen LogP) is 3.32. The molecule has 58 valence electrons. The van der Waals surface area contributed by atoms with Crippen molar-refractivity contribution >= 4 is 37.5 Å². The van der Waals surface area contributed by atoms with E-state index in [1.807, 2.05) is 0 Å². The normalized spacial score (nSPS) is 9.64. The Labute approximate surface area is 79.7 Å². The van der Waals surface area contributed by atoms with Crippen LogP contribution in [-0.2, 0) is 0 Å². The summed E-state index contributed by atoms with van der Waals surface area (Å²) in [5, 5.41) is 11.9. The summed E-state index contributed by atoms with van der Waals surface area (Å²) in [5.74, 6) is -0.0119. The Morgan fingerprint density at radius 1 is 1.36 bits per heavy atom. The predicted molar refractivity (Wildman–Crippen MR) is 49.0 cm³/mol. The van der Waals surface area contributed by atoms with Gasteiger partial charge in [0.25, 0.3) is 0 Å². The van der Waals surface area contributed by atoms with Crippen molar-refractivity contribution < 1.29 is 5.11 Å². The molecule has 5 heteroatoms. The van der Waals surface area contributed by atoms with E-state index >= 15 is 0 Å². The highest BCUT2D eigenvalue weighted by molar-refractivity contribution is 9.11. The maximum atomic E-state index is 10.1. The number of phenolic OH excluding ortho intramolecular Hbond substituents is 1. The zero-order valence-corrected chi connectivity index (χ0v) is 8.39. The van der Waals surface area contributed by atoms with E-state index in [4.69, 9.17) is 0 Å². The van der Waals surface area contributed by atoms with Crippen LogP contribution in [0, 0.1) is 4.91 Å². The first-order chi connectivity index (χ1) is 5.16. The quantitative estimate of drug-likeness (QED) is 0.803. The molecule has 0 saturated carbocycles. The Bertz CT molecular complexity index is 301. The zero-order valence-electron chi connectivity index (χ0n) is 5.21. The second kappa shape index (κ2) is 3.32. The largest absolute Gasteiger partial charge is 0.505 e. The highest BCUT2D eigenvalue weighted by atomic mass is 79.9. The van der Waals surface area contributed by atoms with Gasteiger partial charge in [0.1, 0.15) is 11.4 Å². The van der Waals surface area contributed by atoms with Gasteiger partial charge in [0.15, 0.2) is 0 Å². The molecule has 3 nitrogen and oxygen atoms in total. The van der Waals surface area contributed by atoms with Gasteiger partial charge in [0.2, 0.25) is 0 Å². The van der Waals surface area contributed by atoms with Crippen LogP contribution in [0.1, 0.15) is 0 Å². The Balaban J connectivity index is 3.36. The summed E-state index contributed by atoms with van der Waals surface area (Å²) in [6.07, 6.45) is 0. The fourth-order valence-corrected chi connectivity index (χ4v) is 1.62. The molecule has 0 atom stereocenters. The number of hydrogen-bond acceptors (Lipinski definition) is 3. The molecule has 0 aliphatic heterocycles. The molecule has 1 N–H and O–H groups in total. The average molecular weight is 281 g/mol. The number of phenols is 1. The first-order valence-corrected chi connectivity index (χ1v) is 4.25. The summed E-state index contributed by atoms with van der Waals surface area (Å²) >= 11 is 6.10. The lowest BCUT2D eigenvalue weighted by molar-refractivity contribution is 0.469. The molecule has 1 aromatic carbocycles. The lowest BCUT2D eigenvalue weighted by Crippen LogP contribution is -1.72. The van der Waals surface area contributed by atoms with E-state index < -0.39 is 0 Å². The second-order valence-corrected chi connectivity index (χ2v) is 3.47. The molecule has 0 radical (unpaired) electrons. The Morgan fingerprint density at radius 3 is 2.55 bits per heavy atom. The fourth-order valence-electron chi connectivity index (χ4n) is 0.601. The molecule has 0 aliphatic rings. The zero-order chi connectivity index (χ0) is 8.43. The van der Waals surface area contributed by atoms with Crippen LogP contribution in [0.4, 0.5) is 5.69 Å². The van der Waals surface area contributed by atoms with E-state index in [2.05, 4.69) is 37.0 Å². The third kappa shape index (κ3) is 1.59. The first-order valence-electron chi connectivity index (χ1n) is 2.67. The van der Waals surface area contributed by atoms with E-state index in [9.17, 15) is 10.0 Å². The standard InChI is InChI=1S/C6H3Br2NO2/c7-3-1-2-4(9-11)5(8)6(3)10/h1-2,10H. The van der Waals surface area contributed by atoms with E-state index in [1.54, 1.807) is 6.07 Å². The Kier molecular flexibility index (Phi) is 2.62. The van der Waals surface area contributed by atoms with Crippen molar-refractivity contribution in [3.8, 4) is 5.75 Å². The van der Waals surface area contributed by atoms with Crippen LogP contribution in [-0.4, -0.2) is 5.11 Å². The molecule has 0 spiro atoms. The highest BCUT2D eigenvalue weighted by Crippen LogP contribution is 2.38. The summed E-state index contributed by atoms with van der Waals surface area (Å²) in [6.45, 7) is 0. The average Bonchev–Trinajstić information content (AvgIpc) is 2.01. The maximum absolute atomic E-state index is 10.1. The van der Waals surface area contributed by atoms with Gasteiger partial charge in [-0.3, -0.25) is 0 Å². The van der Waals surface area contributed by atoms with Crippen LogP contribution in [0.15, 0.2) is 26.3 Å². The third-order valence-corrected chi connectivity index (χ3v) is 2.57. The van der Waals surface area contributed by atoms with Gasteiger partial charge in [-0.15, -0.1) is 4.91 Å². The fraction of sp³-hybridized carbons (Fsp3) is 0. The second-order valence-electron chi connectivity index (χ2n) is 1.82. The monoisotopic (exact) mass is 279 g/mol. The van der Waals surface area contributed by atoms with Crippen molar-refractivity contribution in [1.29, 1.82) is 0 Å². The lowest BCUT2D eigenvalue weighted by Gasteiger charge is -1.99. The minimum Gasteiger partial charge on any atom is -0.505 e. The maximum Gasteiger partial charge on any atom is 0.146 e. The minimum atomic E-state index is -0.0119. The summed E-state index contributed by atoms with van der Waals surface area (Å²) in [7, 11) is 0. The summed E-state index contributed by atoms with van der Waals surface area (Å²) in [5.41, 5.74) is 0.186. The molecule has 0 aromatic heterocycles. The van der Waals surface area contributed by atoms with Crippen LogP contribution in [0.25, 0.3) is 0 Å². The number of aromatic hydroxyl groups is 1. The van der Waals surface area contributed by atoms with E-state index in [0.717, 1.165) is 0 Å². The molecular weight excluding hydrogens is 278 g/mol. The number of rotatable bonds is 1. The van der Waals surface area contributed by atoms with Gasteiger partial charge in [0, 0.05) is 0 Å². The number of hydrogen-bond donors (Lipinski definition) is 1. The van der Waals surface area contributed by atoms with Crippen LogP contribution >= 0.6 is 31.9 Å². The lowest BCUT2D eigenvalue weighted by atomic mass is 10.3. The number of nitrogens with zero attached hydrogens (tertiary/aromatic N) is 1. The molecule has 1 aromatic rings. The van der Waals surface area contributed by atoms with Crippen molar-refractivity contribution in [3.05, 3.63) is 26.0 Å². The van der Waals surface area contributed by atoms with Gasteiger partial charge in [-0.25, -0.2) is 0 Å². The van der Waals surface area contributed by atoms with Gasteiger partial charge in [-0.1, -0.05) is 0 Å². The molecule has 11 heavy (non-hydrogen) atoms. The number of halogens is 2. The molecule has 0 heterocycles. The van der Waals surface area contributed by atoms with Crippen molar-refractivity contribution in [3.63, 3.8) is 0 Å². The highest BCUT2D eigenvalue weighted by Gasteiger charge is 2.07. The molecule has 0 amide bonds. The van der Waals surface area contributed by atoms with E-state index in [1.165, 1.54) is 6.07 Å². The number of nitroso groups, excluding NO2 is 1. The van der Waals surface area contributed by atoms with Crippen molar-refractivity contribution in [2.24, 2.45) is 5.18 Å². The van der Waals surface area contributed by atoms with Crippen molar-refractivity contribution in [2.75, 3.05) is 0 Å². The van der Waals surface area contributed by atoms with Gasteiger partial charge in [0.05, 0.1) is 8.95 Å². The molecule has 1 rings (SSSR count). The molecule has 0 aliphatic carbocycles. The smallest absolute Gasteiger partial charge is 0.146 e. The van der Waals surface area contributed by atoms with Gasteiger partial charge < -0.3 is 5.11 Å². The molecule has 0 unspecified atom stereocenters. The van der Waals surface area contributed by atoms with Gasteiger partial charge in [-0.05, 0) is 49.2 Å². The van der Waals surface area contributed by atoms with Crippen LogP contribution in [0.3, 0.4) is 0 Å². The Hall–Kier alpha value is -0.420.